The lowest BCUT2D eigenvalue weighted by Gasteiger charge is -2.29. The smallest absolute Gasteiger partial charge is 0.159 e. The van der Waals surface area contributed by atoms with Gasteiger partial charge < -0.3 is 0 Å². The van der Waals surface area contributed by atoms with Gasteiger partial charge in [-0.05, 0) is 67.6 Å². The highest BCUT2D eigenvalue weighted by atomic mass is 19.1. The van der Waals surface area contributed by atoms with Crippen LogP contribution in [0.4, 0.5) is 4.39 Å². The maximum absolute atomic E-state index is 15.0. The van der Waals surface area contributed by atoms with Gasteiger partial charge in [-0.3, -0.25) is 0 Å². The fourth-order valence-corrected chi connectivity index (χ4v) is 5.01. The van der Waals surface area contributed by atoms with Crippen LogP contribution in [0.25, 0.3) is 11.4 Å². The van der Waals surface area contributed by atoms with Crippen molar-refractivity contribution in [2.75, 3.05) is 0 Å². The molecule has 1 aliphatic rings. The fourth-order valence-electron chi connectivity index (χ4n) is 5.01. The summed E-state index contributed by atoms with van der Waals surface area (Å²) >= 11 is 0. The zero-order valence-electron chi connectivity index (χ0n) is 19.7. The second-order valence-corrected chi connectivity index (χ2v) is 9.53. The van der Waals surface area contributed by atoms with Crippen LogP contribution in [0.1, 0.15) is 114 Å². The predicted molar refractivity (Wildman–Crippen MR) is 129 cm³/mol. The minimum atomic E-state index is -0.0869. The molecule has 0 amide bonds. The number of aryl methyl sites for hydroxylation is 1. The zero-order chi connectivity index (χ0) is 21.9. The van der Waals surface area contributed by atoms with Crippen LogP contribution in [0.15, 0.2) is 30.6 Å². The van der Waals surface area contributed by atoms with Crippen molar-refractivity contribution in [3.05, 3.63) is 47.5 Å². The highest BCUT2D eigenvalue weighted by Crippen LogP contribution is 2.39. The summed E-state index contributed by atoms with van der Waals surface area (Å²) in [4.78, 5) is 8.98. The number of benzene rings is 1. The van der Waals surface area contributed by atoms with E-state index in [1.807, 2.05) is 24.5 Å². The van der Waals surface area contributed by atoms with Gasteiger partial charge in [-0.2, -0.15) is 0 Å². The Morgan fingerprint density at radius 1 is 0.839 bits per heavy atom. The molecule has 1 fully saturated rings. The molecule has 170 valence electrons. The summed E-state index contributed by atoms with van der Waals surface area (Å²) in [7, 11) is 0. The molecule has 0 aliphatic heterocycles. The van der Waals surface area contributed by atoms with Crippen LogP contribution in [0.2, 0.25) is 0 Å². The number of rotatable bonds is 12. The van der Waals surface area contributed by atoms with E-state index in [0.717, 1.165) is 41.9 Å². The topological polar surface area (TPSA) is 25.8 Å². The van der Waals surface area contributed by atoms with Crippen LogP contribution < -0.4 is 0 Å². The molecule has 31 heavy (non-hydrogen) atoms. The molecule has 0 spiro atoms. The van der Waals surface area contributed by atoms with Crippen molar-refractivity contribution in [3.63, 3.8) is 0 Å². The minimum Gasteiger partial charge on any atom is -0.236 e. The van der Waals surface area contributed by atoms with Gasteiger partial charge in [0.2, 0.25) is 0 Å². The van der Waals surface area contributed by atoms with Gasteiger partial charge in [0.05, 0.1) is 0 Å². The molecule has 0 bridgehead atoms. The van der Waals surface area contributed by atoms with Gasteiger partial charge in [0, 0.05) is 18.0 Å². The van der Waals surface area contributed by atoms with E-state index in [2.05, 4.69) is 23.8 Å². The molecule has 1 saturated carbocycles. The van der Waals surface area contributed by atoms with Crippen molar-refractivity contribution >= 4 is 0 Å². The first kappa shape index (κ1) is 23.9. The van der Waals surface area contributed by atoms with E-state index in [0.29, 0.717) is 11.7 Å². The lowest BCUT2D eigenvalue weighted by atomic mass is 9.76. The minimum absolute atomic E-state index is 0.0869. The second kappa shape index (κ2) is 12.9. The molecular formula is C28H41FN2. The van der Waals surface area contributed by atoms with Crippen molar-refractivity contribution in [1.29, 1.82) is 0 Å². The quantitative estimate of drug-likeness (QED) is 0.319. The third kappa shape index (κ3) is 7.40. The number of hydrogen-bond acceptors (Lipinski definition) is 2. The first-order valence-electron chi connectivity index (χ1n) is 12.8. The standard InChI is InChI=1S/C28H41FN2/c1-3-5-7-8-10-11-22-13-15-24(16-14-22)26-18-17-25(19-27(26)29)28-30-20-23(21-31-28)12-9-6-4-2/h17-22,24H,3-16H2,1-2H3. The molecule has 0 radical (unpaired) electrons. The fraction of sp³-hybridized carbons (Fsp3) is 0.643. The average Bonchev–Trinajstić information content (AvgIpc) is 2.80. The van der Waals surface area contributed by atoms with Gasteiger partial charge in [0.15, 0.2) is 5.82 Å². The van der Waals surface area contributed by atoms with Crippen molar-refractivity contribution in [1.82, 2.24) is 9.97 Å². The Balaban J connectivity index is 1.51. The Labute approximate surface area is 189 Å². The number of aromatic nitrogens is 2. The monoisotopic (exact) mass is 424 g/mol. The molecule has 2 aromatic rings. The van der Waals surface area contributed by atoms with Crippen molar-refractivity contribution in [3.8, 4) is 11.4 Å². The highest BCUT2D eigenvalue weighted by Gasteiger charge is 2.24. The van der Waals surface area contributed by atoms with Gasteiger partial charge in [-0.15, -0.1) is 0 Å². The maximum atomic E-state index is 15.0. The van der Waals surface area contributed by atoms with Crippen LogP contribution in [0.3, 0.4) is 0 Å². The number of hydrogen-bond donors (Lipinski definition) is 0. The molecule has 1 heterocycles. The number of halogens is 1. The Kier molecular flexibility index (Phi) is 9.96. The second-order valence-electron chi connectivity index (χ2n) is 9.53. The average molecular weight is 425 g/mol. The highest BCUT2D eigenvalue weighted by molar-refractivity contribution is 5.55. The van der Waals surface area contributed by atoms with Crippen LogP contribution >= 0.6 is 0 Å². The van der Waals surface area contributed by atoms with E-state index in [1.54, 1.807) is 6.07 Å². The lowest BCUT2D eigenvalue weighted by Crippen LogP contribution is -2.14. The maximum Gasteiger partial charge on any atom is 0.159 e. The van der Waals surface area contributed by atoms with Gasteiger partial charge in [0.25, 0.3) is 0 Å². The van der Waals surface area contributed by atoms with E-state index < -0.39 is 0 Å². The molecular weight excluding hydrogens is 383 g/mol. The Bertz CT molecular complexity index is 763. The van der Waals surface area contributed by atoms with E-state index in [-0.39, 0.29) is 5.82 Å². The van der Waals surface area contributed by atoms with Crippen LogP contribution in [-0.4, -0.2) is 9.97 Å². The summed E-state index contributed by atoms with van der Waals surface area (Å²) in [6, 6.07) is 5.63. The summed E-state index contributed by atoms with van der Waals surface area (Å²) in [6.07, 6.45) is 21.4. The first-order valence-corrected chi connectivity index (χ1v) is 12.8. The van der Waals surface area contributed by atoms with Crippen LogP contribution in [0.5, 0.6) is 0 Å². The number of unbranched alkanes of at least 4 members (excludes halogenated alkanes) is 6. The summed E-state index contributed by atoms with van der Waals surface area (Å²) < 4.78 is 15.0. The van der Waals surface area contributed by atoms with E-state index in [9.17, 15) is 4.39 Å². The van der Waals surface area contributed by atoms with E-state index >= 15 is 0 Å². The van der Waals surface area contributed by atoms with E-state index in [4.69, 9.17) is 0 Å². The van der Waals surface area contributed by atoms with Crippen molar-refractivity contribution in [2.45, 2.75) is 110 Å². The van der Waals surface area contributed by atoms with Gasteiger partial charge in [-0.1, -0.05) is 77.3 Å². The molecule has 1 aromatic heterocycles. The molecule has 3 heteroatoms. The molecule has 0 unspecified atom stereocenters. The summed E-state index contributed by atoms with van der Waals surface area (Å²) in [6.45, 7) is 4.48. The van der Waals surface area contributed by atoms with Crippen molar-refractivity contribution < 1.29 is 4.39 Å². The van der Waals surface area contributed by atoms with E-state index in [1.165, 1.54) is 70.6 Å². The molecule has 1 aromatic carbocycles. The zero-order valence-corrected chi connectivity index (χ0v) is 19.7. The summed E-state index contributed by atoms with van der Waals surface area (Å²) in [5.74, 6) is 1.75. The molecule has 1 aliphatic carbocycles. The first-order chi connectivity index (χ1) is 15.2. The van der Waals surface area contributed by atoms with Crippen LogP contribution in [0, 0.1) is 11.7 Å². The molecule has 0 atom stereocenters. The molecule has 0 saturated heterocycles. The third-order valence-electron chi connectivity index (χ3n) is 7.04. The Hall–Kier alpha value is -1.77. The van der Waals surface area contributed by atoms with Crippen molar-refractivity contribution in [2.24, 2.45) is 5.92 Å². The Morgan fingerprint density at radius 3 is 2.19 bits per heavy atom. The van der Waals surface area contributed by atoms with Gasteiger partial charge in [0.1, 0.15) is 5.82 Å². The molecule has 3 rings (SSSR count). The van der Waals surface area contributed by atoms with Crippen LogP contribution in [-0.2, 0) is 6.42 Å². The summed E-state index contributed by atoms with van der Waals surface area (Å²) in [5, 5.41) is 0. The number of nitrogens with zero attached hydrogens (tertiary/aromatic N) is 2. The lowest BCUT2D eigenvalue weighted by molar-refractivity contribution is 0.298. The molecule has 0 N–H and O–H groups in total. The predicted octanol–water partition coefficient (Wildman–Crippen LogP) is 8.65. The Morgan fingerprint density at radius 2 is 1.52 bits per heavy atom. The van der Waals surface area contributed by atoms with Gasteiger partial charge >= 0.3 is 0 Å². The third-order valence-corrected chi connectivity index (χ3v) is 7.04. The summed E-state index contributed by atoms with van der Waals surface area (Å²) in [5.41, 5.74) is 2.83. The normalized spacial score (nSPS) is 18.9. The van der Waals surface area contributed by atoms with Gasteiger partial charge in [-0.25, -0.2) is 14.4 Å². The largest absolute Gasteiger partial charge is 0.236 e. The SMILES string of the molecule is CCCCCCCC1CCC(c2ccc(-c3ncc(CCCCC)cn3)cc2F)CC1. The molecule has 2 nitrogen and oxygen atoms in total.